The Bertz CT molecular complexity index is 310. The molecule has 0 bridgehead atoms. The highest BCUT2D eigenvalue weighted by atomic mass is 16.5. The number of ether oxygens (including phenoxy) is 2. The Morgan fingerprint density at radius 3 is 2.60 bits per heavy atom. The second-order valence-electron chi connectivity index (χ2n) is 3.71. The van der Waals surface area contributed by atoms with E-state index in [-0.39, 0.29) is 6.10 Å². The first-order chi connectivity index (χ1) is 7.17. The molecule has 84 valence electrons. The van der Waals surface area contributed by atoms with Gasteiger partial charge in [0.05, 0.1) is 19.8 Å². The Hall–Kier alpha value is -1.06. The zero-order valence-corrected chi connectivity index (χ0v) is 9.62. The minimum atomic E-state index is 0.219. The van der Waals surface area contributed by atoms with E-state index in [1.54, 1.807) is 7.11 Å². The molecule has 3 heteroatoms. The van der Waals surface area contributed by atoms with E-state index in [0.717, 1.165) is 16.9 Å². The quantitative estimate of drug-likeness (QED) is 0.807. The van der Waals surface area contributed by atoms with Crippen LogP contribution in [-0.2, 0) is 17.9 Å². The predicted octanol–water partition coefficient (Wildman–Crippen LogP) is 2.08. The molecule has 0 unspecified atom stereocenters. The molecule has 1 rings (SSSR count). The van der Waals surface area contributed by atoms with Crippen LogP contribution in [0.25, 0.3) is 0 Å². The molecule has 0 atom stereocenters. The number of hydrogen-bond acceptors (Lipinski definition) is 3. The first kappa shape index (κ1) is 12.0. The molecule has 0 amide bonds. The average Bonchev–Trinajstić information content (AvgIpc) is 2.25. The number of benzene rings is 1. The molecule has 1 aromatic carbocycles. The maximum absolute atomic E-state index is 5.58. The van der Waals surface area contributed by atoms with Crippen molar-refractivity contribution < 1.29 is 9.47 Å². The van der Waals surface area contributed by atoms with Gasteiger partial charge in [-0.3, -0.25) is 0 Å². The van der Waals surface area contributed by atoms with Gasteiger partial charge in [-0.1, -0.05) is 6.07 Å². The lowest BCUT2D eigenvalue weighted by molar-refractivity contribution is 0.0644. The van der Waals surface area contributed by atoms with Crippen LogP contribution >= 0.6 is 0 Å². The van der Waals surface area contributed by atoms with Crippen molar-refractivity contribution in [2.24, 2.45) is 5.73 Å². The van der Waals surface area contributed by atoms with Crippen LogP contribution in [0.5, 0.6) is 5.75 Å². The van der Waals surface area contributed by atoms with E-state index in [9.17, 15) is 0 Å². The summed E-state index contributed by atoms with van der Waals surface area (Å²) in [5.74, 6) is 0.854. The molecule has 2 N–H and O–H groups in total. The van der Waals surface area contributed by atoms with Crippen LogP contribution in [0.2, 0.25) is 0 Å². The van der Waals surface area contributed by atoms with Crippen molar-refractivity contribution in [3.63, 3.8) is 0 Å². The number of methoxy groups -OCH3 is 1. The van der Waals surface area contributed by atoms with E-state index in [0.29, 0.717) is 13.2 Å². The summed E-state index contributed by atoms with van der Waals surface area (Å²) >= 11 is 0. The predicted molar refractivity (Wildman–Crippen MR) is 60.8 cm³/mol. The third-order valence-electron chi connectivity index (χ3n) is 2.15. The molecule has 0 aliphatic carbocycles. The standard InChI is InChI=1S/C12H19NO2/c1-9(2)15-8-11-6-10(7-13)4-5-12(11)14-3/h4-6,9H,7-8,13H2,1-3H3. The average molecular weight is 209 g/mol. The summed E-state index contributed by atoms with van der Waals surface area (Å²) in [5.41, 5.74) is 7.73. The molecular formula is C12H19NO2. The SMILES string of the molecule is COc1ccc(CN)cc1COC(C)C. The fraction of sp³-hybridized carbons (Fsp3) is 0.500. The second-order valence-corrected chi connectivity index (χ2v) is 3.71. The van der Waals surface area contributed by atoms with Crippen LogP contribution in [0.4, 0.5) is 0 Å². The van der Waals surface area contributed by atoms with Crippen molar-refractivity contribution in [1.82, 2.24) is 0 Å². The summed E-state index contributed by atoms with van der Waals surface area (Å²) in [7, 11) is 1.66. The van der Waals surface area contributed by atoms with E-state index in [2.05, 4.69) is 0 Å². The van der Waals surface area contributed by atoms with Crippen molar-refractivity contribution in [1.29, 1.82) is 0 Å². The lowest BCUT2D eigenvalue weighted by Gasteiger charge is -2.12. The smallest absolute Gasteiger partial charge is 0.124 e. The van der Waals surface area contributed by atoms with E-state index in [4.69, 9.17) is 15.2 Å². The zero-order chi connectivity index (χ0) is 11.3. The lowest BCUT2D eigenvalue weighted by atomic mass is 10.1. The molecule has 15 heavy (non-hydrogen) atoms. The maximum Gasteiger partial charge on any atom is 0.124 e. The number of nitrogens with two attached hydrogens (primary N) is 1. The highest BCUT2D eigenvalue weighted by Crippen LogP contribution is 2.21. The van der Waals surface area contributed by atoms with Crippen LogP contribution < -0.4 is 10.5 Å². The van der Waals surface area contributed by atoms with Crippen molar-refractivity contribution in [2.45, 2.75) is 33.1 Å². The normalized spacial score (nSPS) is 10.7. The van der Waals surface area contributed by atoms with Crippen LogP contribution in [0.15, 0.2) is 18.2 Å². The molecule has 0 aromatic heterocycles. The Kier molecular flexibility index (Phi) is 4.59. The molecule has 3 nitrogen and oxygen atoms in total. The molecule has 0 aliphatic rings. The van der Waals surface area contributed by atoms with Gasteiger partial charge in [0.1, 0.15) is 5.75 Å². The minimum absolute atomic E-state index is 0.219. The lowest BCUT2D eigenvalue weighted by Crippen LogP contribution is -2.05. The van der Waals surface area contributed by atoms with Crippen molar-refractivity contribution in [3.05, 3.63) is 29.3 Å². The molecule has 1 aromatic rings. The van der Waals surface area contributed by atoms with Crippen LogP contribution in [0.3, 0.4) is 0 Å². The Morgan fingerprint density at radius 1 is 1.33 bits per heavy atom. The molecule has 0 aliphatic heterocycles. The van der Waals surface area contributed by atoms with E-state index in [1.165, 1.54) is 0 Å². The summed E-state index contributed by atoms with van der Waals surface area (Å²) in [4.78, 5) is 0. The molecule has 0 heterocycles. The summed E-state index contributed by atoms with van der Waals surface area (Å²) < 4.78 is 10.8. The fourth-order valence-corrected chi connectivity index (χ4v) is 1.33. The van der Waals surface area contributed by atoms with Gasteiger partial charge >= 0.3 is 0 Å². The van der Waals surface area contributed by atoms with Crippen LogP contribution in [0, 0.1) is 0 Å². The molecule has 0 saturated carbocycles. The van der Waals surface area contributed by atoms with Gasteiger partial charge in [0.2, 0.25) is 0 Å². The third kappa shape index (κ3) is 3.53. The first-order valence-corrected chi connectivity index (χ1v) is 5.14. The van der Waals surface area contributed by atoms with Gasteiger partial charge in [-0.05, 0) is 31.5 Å². The number of hydrogen-bond donors (Lipinski definition) is 1. The Balaban J connectivity index is 2.81. The summed E-state index contributed by atoms with van der Waals surface area (Å²) in [5, 5.41) is 0. The monoisotopic (exact) mass is 209 g/mol. The first-order valence-electron chi connectivity index (χ1n) is 5.14. The largest absolute Gasteiger partial charge is 0.496 e. The molecular weight excluding hydrogens is 190 g/mol. The Labute approximate surface area is 91.2 Å². The highest BCUT2D eigenvalue weighted by molar-refractivity contribution is 5.36. The fourth-order valence-electron chi connectivity index (χ4n) is 1.33. The van der Waals surface area contributed by atoms with Gasteiger partial charge < -0.3 is 15.2 Å². The van der Waals surface area contributed by atoms with Gasteiger partial charge in [0.15, 0.2) is 0 Å². The molecule has 0 saturated heterocycles. The van der Waals surface area contributed by atoms with Gasteiger partial charge in [0, 0.05) is 12.1 Å². The van der Waals surface area contributed by atoms with Gasteiger partial charge in [-0.15, -0.1) is 0 Å². The van der Waals surface area contributed by atoms with Crippen LogP contribution in [-0.4, -0.2) is 13.2 Å². The maximum atomic E-state index is 5.58. The van der Waals surface area contributed by atoms with Gasteiger partial charge in [-0.25, -0.2) is 0 Å². The zero-order valence-electron chi connectivity index (χ0n) is 9.62. The van der Waals surface area contributed by atoms with Crippen molar-refractivity contribution in [2.75, 3.05) is 7.11 Å². The van der Waals surface area contributed by atoms with E-state index in [1.807, 2.05) is 32.0 Å². The summed E-state index contributed by atoms with van der Waals surface area (Å²) in [6, 6.07) is 5.93. The van der Waals surface area contributed by atoms with Crippen LogP contribution in [0.1, 0.15) is 25.0 Å². The minimum Gasteiger partial charge on any atom is -0.496 e. The topological polar surface area (TPSA) is 44.5 Å². The second kappa shape index (κ2) is 5.73. The van der Waals surface area contributed by atoms with Gasteiger partial charge in [-0.2, -0.15) is 0 Å². The third-order valence-corrected chi connectivity index (χ3v) is 2.15. The Morgan fingerprint density at radius 2 is 2.07 bits per heavy atom. The molecule has 0 radical (unpaired) electrons. The van der Waals surface area contributed by atoms with E-state index >= 15 is 0 Å². The van der Waals surface area contributed by atoms with Gasteiger partial charge in [0.25, 0.3) is 0 Å². The summed E-state index contributed by atoms with van der Waals surface area (Å²) in [6.07, 6.45) is 0.219. The summed E-state index contributed by atoms with van der Waals surface area (Å²) in [6.45, 7) is 5.13. The highest BCUT2D eigenvalue weighted by Gasteiger charge is 2.05. The van der Waals surface area contributed by atoms with E-state index < -0.39 is 0 Å². The molecule has 0 fully saturated rings. The van der Waals surface area contributed by atoms with Crippen molar-refractivity contribution >= 4 is 0 Å². The molecule has 0 spiro atoms. The van der Waals surface area contributed by atoms with Crippen molar-refractivity contribution in [3.8, 4) is 5.75 Å². The number of rotatable bonds is 5.